The van der Waals surface area contributed by atoms with Crippen molar-refractivity contribution in [3.05, 3.63) is 71.0 Å². The van der Waals surface area contributed by atoms with E-state index in [9.17, 15) is 9.18 Å². The van der Waals surface area contributed by atoms with E-state index < -0.39 is 5.97 Å². The molecular weight excluding hydrogens is 316 g/mol. The summed E-state index contributed by atoms with van der Waals surface area (Å²) in [5.74, 6) is -1.16. The van der Waals surface area contributed by atoms with Gasteiger partial charge in [0.1, 0.15) is 5.82 Å². The third-order valence-corrected chi connectivity index (χ3v) is 2.80. The first-order valence-corrected chi connectivity index (χ1v) is 5.93. The second-order valence-electron chi connectivity index (χ2n) is 4.20. The van der Waals surface area contributed by atoms with Crippen LogP contribution in [0.25, 0.3) is 0 Å². The number of hydrogen-bond donors (Lipinski definition) is 2. The average Bonchev–Trinajstić information content (AvgIpc) is 2.41. The molecule has 2 aromatic rings. The topological polar surface area (TPSA) is 49.3 Å². The molecular formula is C15H16Cl2FNO2. The molecule has 114 valence electrons. The van der Waals surface area contributed by atoms with Crippen molar-refractivity contribution in [2.45, 2.75) is 13.1 Å². The molecule has 0 spiro atoms. The van der Waals surface area contributed by atoms with Crippen LogP contribution < -0.4 is 5.32 Å². The van der Waals surface area contributed by atoms with Gasteiger partial charge in [-0.15, -0.1) is 24.8 Å². The molecule has 2 aromatic carbocycles. The molecule has 0 unspecified atom stereocenters. The second-order valence-corrected chi connectivity index (χ2v) is 4.20. The Labute approximate surface area is 135 Å². The lowest BCUT2D eigenvalue weighted by atomic mass is 10.1. The Morgan fingerprint density at radius 2 is 1.62 bits per heavy atom. The fraction of sp³-hybridized carbons (Fsp3) is 0.133. The molecule has 2 rings (SSSR count). The Balaban J connectivity index is 0.00000200. The summed E-state index contributed by atoms with van der Waals surface area (Å²) in [7, 11) is 0. The Bertz CT molecular complexity index is 576. The van der Waals surface area contributed by atoms with Gasteiger partial charge >= 0.3 is 5.97 Å². The van der Waals surface area contributed by atoms with Crippen LogP contribution >= 0.6 is 24.8 Å². The van der Waals surface area contributed by atoms with Crippen LogP contribution in [0.3, 0.4) is 0 Å². The molecule has 0 bridgehead atoms. The lowest BCUT2D eigenvalue weighted by Gasteiger charge is -2.06. The number of carbonyl (C=O) groups is 1. The number of nitrogens with one attached hydrogen (secondary N) is 1. The number of hydrogen-bond acceptors (Lipinski definition) is 2. The van der Waals surface area contributed by atoms with Crippen LogP contribution in [0.15, 0.2) is 48.5 Å². The SMILES string of the molecule is Cl.Cl.O=C(O)c1ccc(CNCc2ccccc2F)cc1. The highest BCUT2D eigenvalue weighted by Crippen LogP contribution is 2.07. The summed E-state index contributed by atoms with van der Waals surface area (Å²) in [6, 6.07) is 13.2. The van der Waals surface area contributed by atoms with Crippen molar-refractivity contribution in [2.75, 3.05) is 0 Å². The number of halogens is 3. The minimum atomic E-state index is -0.939. The van der Waals surface area contributed by atoms with Gasteiger partial charge in [0.25, 0.3) is 0 Å². The van der Waals surface area contributed by atoms with Crippen LogP contribution in [-0.2, 0) is 13.1 Å². The van der Waals surface area contributed by atoms with Crippen LogP contribution in [0.4, 0.5) is 4.39 Å². The van der Waals surface area contributed by atoms with E-state index in [-0.39, 0.29) is 36.2 Å². The zero-order chi connectivity index (χ0) is 13.7. The maximum absolute atomic E-state index is 13.4. The maximum atomic E-state index is 13.4. The third kappa shape index (κ3) is 5.71. The van der Waals surface area contributed by atoms with Crippen LogP contribution in [0.5, 0.6) is 0 Å². The van der Waals surface area contributed by atoms with Gasteiger partial charge in [-0.2, -0.15) is 0 Å². The van der Waals surface area contributed by atoms with Crippen molar-refractivity contribution in [3.63, 3.8) is 0 Å². The van der Waals surface area contributed by atoms with Crippen molar-refractivity contribution in [1.29, 1.82) is 0 Å². The zero-order valence-corrected chi connectivity index (χ0v) is 12.7. The summed E-state index contributed by atoms with van der Waals surface area (Å²) >= 11 is 0. The molecule has 2 N–H and O–H groups in total. The van der Waals surface area contributed by atoms with Crippen LogP contribution in [0.2, 0.25) is 0 Å². The molecule has 6 heteroatoms. The fourth-order valence-corrected chi connectivity index (χ4v) is 1.75. The van der Waals surface area contributed by atoms with Gasteiger partial charge in [-0.3, -0.25) is 0 Å². The largest absolute Gasteiger partial charge is 0.478 e. The highest BCUT2D eigenvalue weighted by Gasteiger charge is 2.02. The molecule has 0 aliphatic heterocycles. The van der Waals surface area contributed by atoms with Gasteiger partial charge in [0.2, 0.25) is 0 Å². The summed E-state index contributed by atoms with van der Waals surface area (Å²) in [6.45, 7) is 1.00. The Hall–Kier alpha value is -1.62. The first-order valence-electron chi connectivity index (χ1n) is 5.93. The van der Waals surface area contributed by atoms with Crippen LogP contribution in [-0.4, -0.2) is 11.1 Å². The van der Waals surface area contributed by atoms with Gasteiger partial charge < -0.3 is 10.4 Å². The number of carboxylic acids is 1. The summed E-state index contributed by atoms with van der Waals surface area (Å²) in [5.41, 5.74) is 1.84. The Kier molecular flexibility index (Phi) is 8.62. The van der Waals surface area contributed by atoms with Crippen molar-refractivity contribution < 1.29 is 14.3 Å². The minimum absolute atomic E-state index is 0. The molecule has 0 aliphatic carbocycles. The Morgan fingerprint density at radius 3 is 2.19 bits per heavy atom. The predicted molar refractivity (Wildman–Crippen MR) is 84.8 cm³/mol. The van der Waals surface area contributed by atoms with Crippen molar-refractivity contribution in [2.24, 2.45) is 0 Å². The van der Waals surface area contributed by atoms with Gasteiger partial charge in [0.15, 0.2) is 0 Å². The normalized spacial score (nSPS) is 9.38. The first kappa shape index (κ1) is 19.4. The molecule has 0 aliphatic rings. The Morgan fingerprint density at radius 1 is 1.00 bits per heavy atom. The molecule has 0 radical (unpaired) electrons. The predicted octanol–water partition coefficient (Wildman–Crippen LogP) is 3.66. The molecule has 0 amide bonds. The fourth-order valence-electron chi connectivity index (χ4n) is 1.75. The van der Waals surface area contributed by atoms with E-state index in [0.29, 0.717) is 18.7 Å². The number of benzene rings is 2. The van der Waals surface area contributed by atoms with E-state index in [0.717, 1.165) is 5.56 Å². The molecule has 0 heterocycles. The lowest BCUT2D eigenvalue weighted by molar-refractivity contribution is 0.0697. The first-order chi connectivity index (χ1) is 9.16. The van der Waals surface area contributed by atoms with Crippen molar-refractivity contribution in [1.82, 2.24) is 5.32 Å². The minimum Gasteiger partial charge on any atom is -0.478 e. The number of carboxylic acid groups (broad SMARTS) is 1. The van der Waals surface area contributed by atoms with Gasteiger partial charge in [-0.05, 0) is 23.8 Å². The molecule has 0 saturated heterocycles. The monoisotopic (exact) mass is 331 g/mol. The lowest BCUT2D eigenvalue weighted by Crippen LogP contribution is -2.13. The summed E-state index contributed by atoms with van der Waals surface area (Å²) in [5, 5.41) is 11.9. The van der Waals surface area contributed by atoms with Gasteiger partial charge in [-0.25, -0.2) is 9.18 Å². The van der Waals surface area contributed by atoms with E-state index in [1.807, 2.05) is 0 Å². The smallest absolute Gasteiger partial charge is 0.335 e. The van der Waals surface area contributed by atoms with E-state index >= 15 is 0 Å². The molecule has 21 heavy (non-hydrogen) atoms. The van der Waals surface area contributed by atoms with Crippen LogP contribution in [0, 0.1) is 5.82 Å². The maximum Gasteiger partial charge on any atom is 0.335 e. The van der Waals surface area contributed by atoms with E-state index in [1.165, 1.54) is 6.07 Å². The quantitative estimate of drug-likeness (QED) is 0.879. The zero-order valence-electron chi connectivity index (χ0n) is 11.1. The standard InChI is InChI=1S/C15H14FNO2.2ClH/c16-14-4-2-1-3-13(14)10-17-9-11-5-7-12(8-6-11)15(18)19;;/h1-8,17H,9-10H2,(H,18,19);2*1H. The average molecular weight is 332 g/mol. The van der Waals surface area contributed by atoms with E-state index in [4.69, 9.17) is 5.11 Å². The van der Waals surface area contributed by atoms with Crippen molar-refractivity contribution >= 4 is 30.8 Å². The van der Waals surface area contributed by atoms with E-state index in [1.54, 1.807) is 42.5 Å². The molecule has 0 atom stereocenters. The number of aromatic carboxylic acids is 1. The summed E-state index contributed by atoms with van der Waals surface area (Å²) in [6.07, 6.45) is 0. The summed E-state index contributed by atoms with van der Waals surface area (Å²) in [4.78, 5) is 10.7. The number of rotatable bonds is 5. The van der Waals surface area contributed by atoms with Crippen molar-refractivity contribution in [3.8, 4) is 0 Å². The molecule has 0 fully saturated rings. The highest BCUT2D eigenvalue weighted by atomic mass is 35.5. The highest BCUT2D eigenvalue weighted by molar-refractivity contribution is 5.87. The molecule has 0 saturated carbocycles. The van der Waals surface area contributed by atoms with E-state index in [2.05, 4.69) is 5.32 Å². The van der Waals surface area contributed by atoms with Crippen LogP contribution in [0.1, 0.15) is 21.5 Å². The van der Waals surface area contributed by atoms with Gasteiger partial charge in [0, 0.05) is 18.7 Å². The second kappa shape index (κ2) is 9.34. The van der Waals surface area contributed by atoms with Gasteiger partial charge in [0.05, 0.1) is 5.56 Å². The summed E-state index contributed by atoms with van der Waals surface area (Å²) < 4.78 is 13.4. The third-order valence-electron chi connectivity index (χ3n) is 2.80. The van der Waals surface area contributed by atoms with Gasteiger partial charge in [-0.1, -0.05) is 30.3 Å². The molecule has 0 aromatic heterocycles. The molecule has 3 nitrogen and oxygen atoms in total.